The molecule has 0 aliphatic carbocycles. The second-order valence-corrected chi connectivity index (χ2v) is 3.76. The van der Waals surface area contributed by atoms with Gasteiger partial charge in [0.25, 0.3) is 0 Å². The Morgan fingerprint density at radius 3 is 2.86 bits per heavy atom. The van der Waals surface area contributed by atoms with E-state index in [2.05, 4.69) is 12.0 Å². The number of aliphatic hydroxyl groups excluding tert-OH is 1. The van der Waals surface area contributed by atoms with Crippen molar-refractivity contribution in [2.24, 2.45) is 13.0 Å². The third kappa shape index (κ3) is 3.12. The highest BCUT2D eigenvalue weighted by atomic mass is 16.5. The molecule has 1 heterocycles. The lowest BCUT2D eigenvalue weighted by molar-refractivity contribution is 0.102. The predicted molar refractivity (Wildman–Crippen MR) is 53.8 cm³/mol. The second-order valence-electron chi connectivity index (χ2n) is 3.76. The van der Waals surface area contributed by atoms with Crippen molar-refractivity contribution in [1.29, 1.82) is 0 Å². The average molecular weight is 198 g/mol. The molecule has 2 atom stereocenters. The van der Waals surface area contributed by atoms with E-state index in [4.69, 9.17) is 4.74 Å². The molecule has 0 aliphatic rings. The van der Waals surface area contributed by atoms with E-state index in [0.29, 0.717) is 18.9 Å². The molecule has 0 saturated heterocycles. The first-order valence-electron chi connectivity index (χ1n) is 4.79. The van der Waals surface area contributed by atoms with Crippen molar-refractivity contribution in [3.05, 3.63) is 18.0 Å². The first-order valence-corrected chi connectivity index (χ1v) is 4.79. The molecule has 1 aromatic rings. The van der Waals surface area contributed by atoms with Gasteiger partial charge in [-0.15, -0.1) is 0 Å². The largest absolute Gasteiger partial charge is 0.388 e. The van der Waals surface area contributed by atoms with E-state index in [1.165, 1.54) is 0 Å². The van der Waals surface area contributed by atoms with Crippen LogP contribution in [0.2, 0.25) is 0 Å². The zero-order chi connectivity index (χ0) is 10.6. The van der Waals surface area contributed by atoms with Gasteiger partial charge in [0.05, 0.1) is 12.3 Å². The van der Waals surface area contributed by atoms with Crippen molar-refractivity contribution in [1.82, 2.24) is 9.78 Å². The van der Waals surface area contributed by atoms with E-state index in [0.717, 1.165) is 5.56 Å². The molecule has 2 unspecified atom stereocenters. The van der Waals surface area contributed by atoms with Gasteiger partial charge in [-0.25, -0.2) is 0 Å². The van der Waals surface area contributed by atoms with E-state index in [9.17, 15) is 5.11 Å². The molecule has 0 aliphatic heterocycles. The smallest absolute Gasteiger partial charge is 0.0823 e. The Labute approximate surface area is 84.5 Å². The standard InChI is InChI=1S/C10H18N2O2/c1-8(7-14-3)4-10(13)9-5-11-12(2)6-9/h5-6,8,10,13H,4,7H2,1-3H3. The van der Waals surface area contributed by atoms with Crippen LogP contribution in [0.3, 0.4) is 0 Å². The Hall–Kier alpha value is -0.870. The van der Waals surface area contributed by atoms with Gasteiger partial charge in [-0.1, -0.05) is 6.92 Å². The fourth-order valence-electron chi connectivity index (χ4n) is 1.48. The van der Waals surface area contributed by atoms with E-state index in [-0.39, 0.29) is 0 Å². The molecule has 0 bridgehead atoms. The summed E-state index contributed by atoms with van der Waals surface area (Å²) in [6, 6.07) is 0. The molecule has 0 fully saturated rings. The van der Waals surface area contributed by atoms with Crippen molar-refractivity contribution in [3.63, 3.8) is 0 Å². The van der Waals surface area contributed by atoms with Crippen molar-refractivity contribution >= 4 is 0 Å². The summed E-state index contributed by atoms with van der Waals surface area (Å²) in [4.78, 5) is 0. The lowest BCUT2D eigenvalue weighted by Gasteiger charge is -2.14. The Bertz CT molecular complexity index is 273. The minimum Gasteiger partial charge on any atom is -0.388 e. The number of hydrogen-bond acceptors (Lipinski definition) is 3. The molecule has 0 saturated carbocycles. The van der Waals surface area contributed by atoms with Gasteiger partial charge in [-0.3, -0.25) is 4.68 Å². The zero-order valence-electron chi connectivity index (χ0n) is 8.97. The lowest BCUT2D eigenvalue weighted by atomic mass is 10.0. The third-order valence-electron chi connectivity index (χ3n) is 2.19. The minimum atomic E-state index is -0.436. The van der Waals surface area contributed by atoms with Crippen LogP contribution in [0, 0.1) is 5.92 Å². The van der Waals surface area contributed by atoms with Gasteiger partial charge in [-0.2, -0.15) is 5.10 Å². The van der Waals surface area contributed by atoms with Gasteiger partial charge in [0.15, 0.2) is 0 Å². The first-order chi connectivity index (χ1) is 6.63. The summed E-state index contributed by atoms with van der Waals surface area (Å²) >= 11 is 0. The van der Waals surface area contributed by atoms with Gasteiger partial charge in [0.2, 0.25) is 0 Å². The Kier molecular flexibility index (Phi) is 4.10. The van der Waals surface area contributed by atoms with Crippen molar-refractivity contribution < 1.29 is 9.84 Å². The number of nitrogens with zero attached hydrogens (tertiary/aromatic N) is 2. The van der Waals surface area contributed by atoms with Crippen LogP contribution in [-0.4, -0.2) is 28.6 Å². The highest BCUT2D eigenvalue weighted by molar-refractivity contribution is 5.07. The van der Waals surface area contributed by atoms with Gasteiger partial charge < -0.3 is 9.84 Å². The molecule has 0 amide bonds. The third-order valence-corrected chi connectivity index (χ3v) is 2.19. The molecule has 1 rings (SSSR count). The molecule has 14 heavy (non-hydrogen) atoms. The van der Waals surface area contributed by atoms with Crippen LogP contribution < -0.4 is 0 Å². The molecule has 80 valence electrons. The number of ether oxygens (including phenoxy) is 1. The van der Waals surface area contributed by atoms with Gasteiger partial charge in [0, 0.05) is 32.5 Å². The number of methoxy groups -OCH3 is 1. The summed E-state index contributed by atoms with van der Waals surface area (Å²) in [5.74, 6) is 0.357. The van der Waals surface area contributed by atoms with E-state index in [1.54, 1.807) is 18.0 Å². The molecular formula is C10H18N2O2. The van der Waals surface area contributed by atoms with Gasteiger partial charge in [-0.05, 0) is 12.3 Å². The summed E-state index contributed by atoms with van der Waals surface area (Å²) in [5, 5.41) is 13.8. The van der Waals surface area contributed by atoms with Crippen LogP contribution in [0.1, 0.15) is 25.0 Å². The topological polar surface area (TPSA) is 47.3 Å². The number of rotatable bonds is 5. The average Bonchev–Trinajstić information content (AvgIpc) is 2.52. The molecule has 1 N–H and O–H groups in total. The fourth-order valence-corrected chi connectivity index (χ4v) is 1.48. The van der Waals surface area contributed by atoms with Crippen molar-refractivity contribution in [2.75, 3.05) is 13.7 Å². The normalized spacial score (nSPS) is 15.4. The van der Waals surface area contributed by atoms with Crippen LogP contribution in [0.4, 0.5) is 0 Å². The fraction of sp³-hybridized carbons (Fsp3) is 0.700. The number of aryl methyl sites for hydroxylation is 1. The molecule has 0 aromatic carbocycles. The van der Waals surface area contributed by atoms with Gasteiger partial charge >= 0.3 is 0 Å². The van der Waals surface area contributed by atoms with Crippen LogP contribution >= 0.6 is 0 Å². The molecule has 0 radical (unpaired) electrons. The molecule has 4 heteroatoms. The number of aromatic nitrogens is 2. The zero-order valence-corrected chi connectivity index (χ0v) is 8.97. The van der Waals surface area contributed by atoms with Crippen LogP contribution in [0.25, 0.3) is 0 Å². The number of aliphatic hydroxyl groups is 1. The predicted octanol–water partition coefficient (Wildman–Crippen LogP) is 1.13. The molecule has 1 aromatic heterocycles. The monoisotopic (exact) mass is 198 g/mol. The van der Waals surface area contributed by atoms with Crippen molar-refractivity contribution in [3.8, 4) is 0 Å². The summed E-state index contributed by atoms with van der Waals surface area (Å²) in [6.07, 6.45) is 3.81. The quantitative estimate of drug-likeness (QED) is 0.771. The Morgan fingerprint density at radius 1 is 1.64 bits per heavy atom. The summed E-state index contributed by atoms with van der Waals surface area (Å²) in [6.45, 7) is 2.74. The minimum absolute atomic E-state index is 0.357. The molecular weight excluding hydrogens is 180 g/mol. The van der Waals surface area contributed by atoms with Gasteiger partial charge in [0.1, 0.15) is 0 Å². The van der Waals surface area contributed by atoms with Crippen LogP contribution in [0.5, 0.6) is 0 Å². The SMILES string of the molecule is COCC(C)CC(O)c1cnn(C)c1. The maximum Gasteiger partial charge on any atom is 0.0823 e. The first kappa shape index (κ1) is 11.2. The highest BCUT2D eigenvalue weighted by Gasteiger charge is 2.13. The second kappa shape index (κ2) is 5.12. The number of hydrogen-bond donors (Lipinski definition) is 1. The van der Waals surface area contributed by atoms with Crippen molar-refractivity contribution in [2.45, 2.75) is 19.4 Å². The summed E-state index contributed by atoms with van der Waals surface area (Å²) in [7, 11) is 3.52. The van der Waals surface area contributed by atoms with Crippen LogP contribution in [-0.2, 0) is 11.8 Å². The molecule has 4 nitrogen and oxygen atoms in total. The van der Waals surface area contributed by atoms with E-state index >= 15 is 0 Å². The highest BCUT2D eigenvalue weighted by Crippen LogP contribution is 2.20. The Morgan fingerprint density at radius 2 is 2.36 bits per heavy atom. The van der Waals surface area contributed by atoms with Crippen LogP contribution in [0.15, 0.2) is 12.4 Å². The molecule has 0 spiro atoms. The maximum atomic E-state index is 9.82. The Balaban J connectivity index is 2.45. The lowest BCUT2D eigenvalue weighted by Crippen LogP contribution is -2.09. The summed E-state index contributed by atoms with van der Waals surface area (Å²) in [5.41, 5.74) is 0.871. The van der Waals surface area contributed by atoms with E-state index < -0.39 is 6.10 Å². The maximum absolute atomic E-state index is 9.82. The van der Waals surface area contributed by atoms with E-state index in [1.807, 2.05) is 13.2 Å². The summed E-state index contributed by atoms with van der Waals surface area (Å²) < 4.78 is 6.71.